The van der Waals surface area contributed by atoms with E-state index in [9.17, 15) is 10.1 Å². The Morgan fingerprint density at radius 3 is 2.34 bits per heavy atom. The molecule has 4 bridgehead atoms. The highest BCUT2D eigenvalue weighted by Crippen LogP contribution is 2.61. The number of rotatable bonds is 4. The lowest BCUT2D eigenvalue weighted by Crippen LogP contribution is -2.49. The lowest BCUT2D eigenvalue weighted by molar-refractivity contribution is -0.116. The number of para-hydroxylation sites is 1. The van der Waals surface area contributed by atoms with Crippen molar-refractivity contribution in [2.75, 3.05) is 7.05 Å². The summed E-state index contributed by atoms with van der Waals surface area (Å²) in [4.78, 5) is 12.2. The van der Waals surface area contributed by atoms with Crippen LogP contribution in [0.25, 0.3) is 11.8 Å². The van der Waals surface area contributed by atoms with Crippen molar-refractivity contribution in [2.45, 2.75) is 43.9 Å². The van der Waals surface area contributed by atoms with Crippen molar-refractivity contribution in [3.8, 4) is 11.8 Å². The normalized spacial score (nSPS) is 30.2. The van der Waals surface area contributed by atoms with Crippen molar-refractivity contribution in [3.63, 3.8) is 0 Å². The van der Waals surface area contributed by atoms with Crippen LogP contribution in [0, 0.1) is 29.1 Å². The third kappa shape index (κ3) is 3.07. The van der Waals surface area contributed by atoms with Gasteiger partial charge >= 0.3 is 0 Å². The van der Waals surface area contributed by atoms with Crippen molar-refractivity contribution in [1.82, 2.24) is 15.1 Å². The predicted octanol–water partition coefficient (Wildman–Crippen LogP) is 3.99. The molecule has 1 amide bonds. The van der Waals surface area contributed by atoms with Crippen molar-refractivity contribution in [3.05, 3.63) is 53.4 Å². The lowest BCUT2D eigenvalue weighted by atomic mass is 9.48. The number of nitriles is 1. The van der Waals surface area contributed by atoms with Crippen molar-refractivity contribution < 1.29 is 4.79 Å². The summed E-state index contributed by atoms with van der Waals surface area (Å²) in [7, 11) is 1.56. The highest BCUT2D eigenvalue weighted by molar-refractivity contribution is 6.01. The molecule has 6 rings (SSSR count). The summed E-state index contributed by atoms with van der Waals surface area (Å²) in [5.41, 5.74) is 3.21. The number of carbonyl (C=O) groups excluding carboxylic acids is 1. The van der Waals surface area contributed by atoms with E-state index in [1.54, 1.807) is 13.1 Å². The molecule has 29 heavy (non-hydrogen) atoms. The van der Waals surface area contributed by atoms with Gasteiger partial charge in [-0.1, -0.05) is 18.2 Å². The first-order chi connectivity index (χ1) is 14.1. The van der Waals surface area contributed by atoms with Gasteiger partial charge in [-0.05, 0) is 74.5 Å². The third-order valence-corrected chi connectivity index (χ3v) is 7.20. The first-order valence-corrected chi connectivity index (χ1v) is 10.6. The minimum Gasteiger partial charge on any atom is -0.354 e. The molecule has 5 nitrogen and oxygen atoms in total. The standard InChI is InChI=1S/C24H26N4O/c1-26-23(29)19(14-25)10-20-15-28(21-5-3-2-4-6-21)27-22(20)24-11-16-7-17(12-24)9-18(8-16)13-24/h2-6,10,15-18H,7-9,11-13H2,1H3,(H,26,29)/b19-10-. The maximum Gasteiger partial charge on any atom is 0.261 e. The van der Waals surface area contributed by atoms with E-state index >= 15 is 0 Å². The van der Waals surface area contributed by atoms with Gasteiger partial charge in [0.1, 0.15) is 11.6 Å². The minimum absolute atomic E-state index is 0.0872. The summed E-state index contributed by atoms with van der Waals surface area (Å²) >= 11 is 0. The number of carbonyl (C=O) groups is 1. The number of nitrogens with one attached hydrogen (secondary N) is 1. The average Bonchev–Trinajstić information content (AvgIpc) is 3.16. The summed E-state index contributed by atoms with van der Waals surface area (Å²) in [6, 6.07) is 12.1. The SMILES string of the molecule is CNC(=O)/C(C#N)=C\c1cn(-c2ccccc2)nc1C12CC3CC(CC(C3)C1)C2. The Morgan fingerprint density at radius 1 is 1.17 bits per heavy atom. The summed E-state index contributed by atoms with van der Waals surface area (Å²) in [5, 5.41) is 17.2. The summed E-state index contributed by atoms with van der Waals surface area (Å²) in [6.45, 7) is 0. The van der Waals surface area contributed by atoms with Gasteiger partial charge in [0.2, 0.25) is 0 Å². The first kappa shape index (κ1) is 18.2. The van der Waals surface area contributed by atoms with Gasteiger partial charge < -0.3 is 5.32 Å². The smallest absolute Gasteiger partial charge is 0.261 e. The average molecular weight is 386 g/mol. The molecule has 5 heteroatoms. The molecule has 1 heterocycles. The van der Waals surface area contributed by atoms with Crippen LogP contribution in [0.2, 0.25) is 0 Å². The Hall–Kier alpha value is -2.87. The van der Waals surface area contributed by atoms with Crippen LogP contribution in [0.15, 0.2) is 42.1 Å². The monoisotopic (exact) mass is 386 g/mol. The molecule has 4 saturated carbocycles. The number of hydrogen-bond acceptors (Lipinski definition) is 3. The molecule has 1 aromatic heterocycles. The van der Waals surface area contributed by atoms with Gasteiger partial charge in [0.05, 0.1) is 11.4 Å². The molecule has 0 atom stereocenters. The number of aromatic nitrogens is 2. The zero-order valence-corrected chi connectivity index (χ0v) is 16.8. The molecule has 0 unspecified atom stereocenters. The Kier molecular flexibility index (Phi) is 4.31. The van der Waals surface area contributed by atoms with Gasteiger partial charge in [0, 0.05) is 24.2 Å². The van der Waals surface area contributed by atoms with E-state index in [-0.39, 0.29) is 16.9 Å². The van der Waals surface area contributed by atoms with Gasteiger partial charge in [-0.2, -0.15) is 10.4 Å². The van der Waals surface area contributed by atoms with Crippen molar-refractivity contribution in [1.29, 1.82) is 5.26 Å². The number of likely N-dealkylation sites (N-methyl/N-ethyl adjacent to an activating group) is 1. The molecule has 4 aliphatic rings. The van der Waals surface area contributed by atoms with E-state index in [0.717, 1.165) is 34.7 Å². The number of benzene rings is 1. The quantitative estimate of drug-likeness (QED) is 0.638. The molecule has 2 aromatic rings. The van der Waals surface area contributed by atoms with Crippen LogP contribution in [0.4, 0.5) is 0 Å². The topological polar surface area (TPSA) is 70.7 Å². The Bertz CT molecular complexity index is 976. The molecule has 4 fully saturated rings. The molecule has 0 radical (unpaired) electrons. The largest absolute Gasteiger partial charge is 0.354 e. The molecule has 1 aromatic carbocycles. The van der Waals surface area contributed by atoms with E-state index in [1.165, 1.54) is 38.5 Å². The van der Waals surface area contributed by atoms with Crippen molar-refractivity contribution in [2.24, 2.45) is 17.8 Å². The van der Waals surface area contributed by atoms with E-state index in [1.807, 2.05) is 41.2 Å². The van der Waals surface area contributed by atoms with Gasteiger partial charge in [0.25, 0.3) is 5.91 Å². The second-order valence-corrected chi connectivity index (χ2v) is 9.16. The highest BCUT2D eigenvalue weighted by atomic mass is 16.1. The number of nitrogens with zero attached hydrogens (tertiary/aromatic N) is 3. The molecule has 0 spiro atoms. The Labute approximate surface area is 171 Å². The van der Waals surface area contributed by atoms with Crippen LogP contribution in [0.3, 0.4) is 0 Å². The molecular formula is C24H26N4O. The van der Waals surface area contributed by atoms with Crippen LogP contribution >= 0.6 is 0 Å². The van der Waals surface area contributed by atoms with E-state index in [0.29, 0.717) is 0 Å². The van der Waals surface area contributed by atoms with Gasteiger partial charge in [-0.15, -0.1) is 0 Å². The minimum atomic E-state index is -0.351. The van der Waals surface area contributed by atoms with Crippen molar-refractivity contribution >= 4 is 12.0 Å². The first-order valence-electron chi connectivity index (χ1n) is 10.6. The Morgan fingerprint density at radius 2 is 1.79 bits per heavy atom. The molecular weight excluding hydrogens is 360 g/mol. The van der Waals surface area contributed by atoms with Gasteiger partial charge in [-0.3, -0.25) is 4.79 Å². The zero-order chi connectivity index (χ0) is 20.0. The Balaban J connectivity index is 1.64. The summed E-state index contributed by atoms with van der Waals surface area (Å²) in [6.07, 6.45) is 11.4. The fourth-order valence-corrected chi connectivity index (χ4v) is 6.46. The van der Waals surface area contributed by atoms with Gasteiger partial charge in [0.15, 0.2) is 0 Å². The number of amides is 1. The molecule has 4 aliphatic carbocycles. The molecule has 0 aliphatic heterocycles. The van der Waals surface area contributed by atoms with Crippen LogP contribution in [0.1, 0.15) is 49.8 Å². The van der Waals surface area contributed by atoms with E-state index < -0.39 is 0 Å². The molecule has 1 N–H and O–H groups in total. The number of hydrogen-bond donors (Lipinski definition) is 1. The highest BCUT2D eigenvalue weighted by Gasteiger charge is 2.53. The maximum absolute atomic E-state index is 12.2. The van der Waals surface area contributed by atoms with Crippen LogP contribution in [-0.2, 0) is 10.2 Å². The second-order valence-electron chi connectivity index (χ2n) is 9.16. The van der Waals surface area contributed by atoms with Crippen LogP contribution < -0.4 is 5.32 Å². The fourth-order valence-electron chi connectivity index (χ4n) is 6.46. The lowest BCUT2D eigenvalue weighted by Gasteiger charge is -2.56. The van der Waals surface area contributed by atoms with Gasteiger partial charge in [-0.25, -0.2) is 4.68 Å². The maximum atomic E-state index is 12.2. The van der Waals surface area contributed by atoms with Crippen LogP contribution in [-0.4, -0.2) is 22.7 Å². The second kappa shape index (κ2) is 6.88. The zero-order valence-electron chi connectivity index (χ0n) is 16.8. The van der Waals surface area contributed by atoms with E-state index in [4.69, 9.17) is 5.10 Å². The third-order valence-electron chi connectivity index (χ3n) is 7.20. The van der Waals surface area contributed by atoms with E-state index in [2.05, 4.69) is 11.4 Å². The summed E-state index contributed by atoms with van der Waals surface area (Å²) < 4.78 is 1.92. The summed E-state index contributed by atoms with van der Waals surface area (Å²) in [5.74, 6) is 2.05. The molecule has 0 saturated heterocycles. The molecule has 148 valence electrons. The fraction of sp³-hybridized carbons (Fsp3) is 0.458. The van der Waals surface area contributed by atoms with Crippen LogP contribution in [0.5, 0.6) is 0 Å². The predicted molar refractivity (Wildman–Crippen MR) is 111 cm³/mol.